The van der Waals surface area contributed by atoms with Crippen LogP contribution < -0.4 is 11.1 Å². The van der Waals surface area contributed by atoms with Crippen LogP contribution in [0.4, 0.5) is 5.69 Å². The van der Waals surface area contributed by atoms with Crippen LogP contribution in [-0.2, 0) is 11.3 Å². The van der Waals surface area contributed by atoms with Crippen molar-refractivity contribution in [2.45, 2.75) is 13.0 Å². The van der Waals surface area contributed by atoms with E-state index in [1.807, 2.05) is 18.2 Å². The highest BCUT2D eigenvalue weighted by Crippen LogP contribution is 2.10. The van der Waals surface area contributed by atoms with Gasteiger partial charge in [-0.3, -0.25) is 9.69 Å². The van der Waals surface area contributed by atoms with E-state index in [4.69, 9.17) is 5.73 Å². The van der Waals surface area contributed by atoms with Crippen LogP contribution in [0.2, 0.25) is 0 Å². The van der Waals surface area contributed by atoms with Gasteiger partial charge in [0.25, 0.3) is 0 Å². The van der Waals surface area contributed by atoms with Crippen molar-refractivity contribution >= 4 is 11.6 Å². The van der Waals surface area contributed by atoms with E-state index in [0.29, 0.717) is 6.42 Å². The molecule has 0 aliphatic carbocycles. The van der Waals surface area contributed by atoms with Gasteiger partial charge >= 0.3 is 0 Å². The summed E-state index contributed by atoms with van der Waals surface area (Å²) in [7, 11) is 0. The Labute approximate surface area is 95.4 Å². The zero-order valence-electron chi connectivity index (χ0n) is 9.28. The molecule has 2 rings (SSSR count). The maximum absolute atomic E-state index is 11.2. The third kappa shape index (κ3) is 2.97. The molecule has 86 valence electrons. The summed E-state index contributed by atoms with van der Waals surface area (Å²) in [6.07, 6.45) is 0.586. The summed E-state index contributed by atoms with van der Waals surface area (Å²) in [5.74, 6) is 0.148. The highest BCUT2D eigenvalue weighted by atomic mass is 16.1. The molecular weight excluding hydrogens is 202 g/mol. The molecule has 0 spiro atoms. The van der Waals surface area contributed by atoms with Gasteiger partial charge in [0, 0.05) is 38.3 Å². The van der Waals surface area contributed by atoms with Crippen LogP contribution in [-0.4, -0.2) is 30.4 Å². The number of benzene rings is 1. The molecule has 1 aromatic rings. The van der Waals surface area contributed by atoms with Crippen LogP contribution in [0.1, 0.15) is 12.0 Å². The van der Waals surface area contributed by atoms with Gasteiger partial charge in [-0.05, 0) is 17.7 Å². The maximum Gasteiger partial charge on any atom is 0.221 e. The lowest BCUT2D eigenvalue weighted by Crippen LogP contribution is -2.28. The number of carbonyl (C=O) groups is 1. The van der Waals surface area contributed by atoms with Crippen molar-refractivity contribution in [2.75, 3.05) is 25.4 Å². The number of nitrogens with zero attached hydrogens (tertiary/aromatic N) is 1. The van der Waals surface area contributed by atoms with Crippen LogP contribution >= 0.6 is 0 Å². The monoisotopic (exact) mass is 219 g/mol. The molecule has 0 atom stereocenters. The number of nitrogen functional groups attached to an aromatic ring is 1. The van der Waals surface area contributed by atoms with Crippen LogP contribution in [0.25, 0.3) is 0 Å². The summed E-state index contributed by atoms with van der Waals surface area (Å²) in [5.41, 5.74) is 7.73. The fourth-order valence-corrected chi connectivity index (χ4v) is 1.92. The molecule has 4 heteroatoms. The van der Waals surface area contributed by atoms with Crippen LogP contribution in [0.15, 0.2) is 24.3 Å². The molecule has 0 radical (unpaired) electrons. The average Bonchev–Trinajstić information content (AvgIpc) is 2.44. The highest BCUT2D eigenvalue weighted by Gasteiger charge is 2.13. The van der Waals surface area contributed by atoms with Gasteiger partial charge < -0.3 is 11.1 Å². The predicted octanol–water partition coefficient (Wildman–Crippen LogP) is 0.591. The van der Waals surface area contributed by atoms with Gasteiger partial charge in [-0.25, -0.2) is 0 Å². The lowest BCUT2D eigenvalue weighted by Gasteiger charge is -2.18. The predicted molar refractivity (Wildman–Crippen MR) is 63.8 cm³/mol. The van der Waals surface area contributed by atoms with Crippen LogP contribution in [0, 0.1) is 0 Å². The minimum absolute atomic E-state index is 0.148. The Balaban J connectivity index is 1.96. The molecule has 1 aliphatic rings. The second kappa shape index (κ2) is 4.99. The summed E-state index contributed by atoms with van der Waals surface area (Å²) >= 11 is 0. The Hall–Kier alpha value is -1.55. The van der Waals surface area contributed by atoms with Gasteiger partial charge in [0.1, 0.15) is 0 Å². The lowest BCUT2D eigenvalue weighted by molar-refractivity contribution is -0.120. The zero-order valence-corrected chi connectivity index (χ0v) is 9.28. The number of rotatable bonds is 2. The second-order valence-electron chi connectivity index (χ2n) is 4.12. The number of hydrogen-bond donors (Lipinski definition) is 2. The molecular formula is C12H17N3O. The van der Waals surface area contributed by atoms with Crippen molar-refractivity contribution in [2.24, 2.45) is 0 Å². The largest absolute Gasteiger partial charge is 0.399 e. The Bertz CT molecular complexity index is 378. The molecule has 1 heterocycles. The van der Waals surface area contributed by atoms with E-state index in [9.17, 15) is 4.79 Å². The summed E-state index contributed by atoms with van der Waals surface area (Å²) in [6, 6.07) is 7.90. The fraction of sp³-hybridized carbons (Fsp3) is 0.417. The van der Waals surface area contributed by atoms with E-state index in [0.717, 1.165) is 31.9 Å². The van der Waals surface area contributed by atoms with Gasteiger partial charge in [0.2, 0.25) is 5.91 Å². The molecule has 0 bridgehead atoms. The van der Waals surface area contributed by atoms with Crippen molar-refractivity contribution in [3.8, 4) is 0 Å². The van der Waals surface area contributed by atoms with Gasteiger partial charge in [-0.1, -0.05) is 12.1 Å². The number of nitrogens with one attached hydrogen (secondary N) is 1. The summed E-state index contributed by atoms with van der Waals surface area (Å²) in [5, 5.41) is 2.87. The standard InChI is InChI=1S/C12H17N3O/c13-11-3-1-2-10(8-11)9-15-6-4-12(16)14-5-7-15/h1-3,8H,4-7,9,13H2,(H,14,16). The SMILES string of the molecule is Nc1cccc(CN2CCNC(=O)CC2)c1. The highest BCUT2D eigenvalue weighted by molar-refractivity contribution is 5.76. The molecule has 1 fully saturated rings. The number of hydrogen-bond acceptors (Lipinski definition) is 3. The van der Waals surface area contributed by atoms with Crippen molar-refractivity contribution in [1.29, 1.82) is 0 Å². The first-order valence-electron chi connectivity index (χ1n) is 5.57. The normalized spacial score (nSPS) is 17.9. The molecule has 4 nitrogen and oxygen atoms in total. The van der Waals surface area contributed by atoms with E-state index in [2.05, 4.69) is 16.3 Å². The fourth-order valence-electron chi connectivity index (χ4n) is 1.92. The average molecular weight is 219 g/mol. The Kier molecular flexibility index (Phi) is 3.41. The molecule has 1 saturated heterocycles. The number of amides is 1. The first-order valence-corrected chi connectivity index (χ1v) is 5.57. The molecule has 0 saturated carbocycles. The quantitative estimate of drug-likeness (QED) is 0.716. The van der Waals surface area contributed by atoms with Crippen LogP contribution in [0.3, 0.4) is 0 Å². The molecule has 1 aliphatic heterocycles. The molecule has 1 aromatic carbocycles. The summed E-state index contributed by atoms with van der Waals surface area (Å²) in [4.78, 5) is 13.4. The molecule has 16 heavy (non-hydrogen) atoms. The Morgan fingerprint density at radius 3 is 3.06 bits per heavy atom. The second-order valence-corrected chi connectivity index (χ2v) is 4.12. The van der Waals surface area contributed by atoms with Gasteiger partial charge in [-0.2, -0.15) is 0 Å². The van der Waals surface area contributed by atoms with Gasteiger partial charge in [0.05, 0.1) is 0 Å². The van der Waals surface area contributed by atoms with Crippen molar-refractivity contribution in [3.05, 3.63) is 29.8 Å². The van der Waals surface area contributed by atoms with E-state index in [1.54, 1.807) is 0 Å². The molecule has 1 amide bonds. The van der Waals surface area contributed by atoms with E-state index in [-0.39, 0.29) is 5.91 Å². The number of anilines is 1. The smallest absolute Gasteiger partial charge is 0.221 e. The minimum Gasteiger partial charge on any atom is -0.399 e. The topological polar surface area (TPSA) is 58.4 Å². The molecule has 0 unspecified atom stereocenters. The number of carbonyl (C=O) groups excluding carboxylic acids is 1. The van der Waals surface area contributed by atoms with E-state index < -0.39 is 0 Å². The van der Waals surface area contributed by atoms with E-state index in [1.165, 1.54) is 5.56 Å². The van der Waals surface area contributed by atoms with Crippen molar-refractivity contribution in [3.63, 3.8) is 0 Å². The Morgan fingerprint density at radius 1 is 1.38 bits per heavy atom. The summed E-state index contributed by atoms with van der Waals surface area (Å²) < 4.78 is 0. The molecule has 0 aromatic heterocycles. The van der Waals surface area contributed by atoms with Crippen molar-refractivity contribution in [1.82, 2.24) is 10.2 Å². The third-order valence-corrected chi connectivity index (χ3v) is 2.76. The maximum atomic E-state index is 11.2. The summed E-state index contributed by atoms with van der Waals surface area (Å²) in [6.45, 7) is 3.32. The Morgan fingerprint density at radius 2 is 2.25 bits per heavy atom. The molecule has 3 N–H and O–H groups in total. The lowest BCUT2D eigenvalue weighted by atomic mass is 10.2. The van der Waals surface area contributed by atoms with Gasteiger partial charge in [-0.15, -0.1) is 0 Å². The minimum atomic E-state index is 0.148. The van der Waals surface area contributed by atoms with Crippen LogP contribution in [0.5, 0.6) is 0 Å². The van der Waals surface area contributed by atoms with Gasteiger partial charge in [0.15, 0.2) is 0 Å². The number of nitrogens with two attached hydrogens (primary N) is 1. The van der Waals surface area contributed by atoms with Crippen molar-refractivity contribution < 1.29 is 4.79 Å². The first kappa shape index (κ1) is 11.0. The first-order chi connectivity index (χ1) is 7.74. The van der Waals surface area contributed by atoms with E-state index >= 15 is 0 Å². The zero-order chi connectivity index (χ0) is 11.4. The third-order valence-electron chi connectivity index (χ3n) is 2.76.